The Kier molecular flexibility index (Phi) is 1.24. The van der Waals surface area contributed by atoms with E-state index in [1.807, 2.05) is 0 Å². The van der Waals surface area contributed by atoms with Gasteiger partial charge in [-0.15, -0.1) is 11.3 Å². The van der Waals surface area contributed by atoms with Crippen LogP contribution in [-0.2, 0) is 0 Å². The van der Waals surface area contributed by atoms with Gasteiger partial charge < -0.3 is 0 Å². The van der Waals surface area contributed by atoms with E-state index in [2.05, 4.69) is 36.6 Å². The first-order valence-electron chi connectivity index (χ1n) is 3.22. The summed E-state index contributed by atoms with van der Waals surface area (Å²) in [6.07, 6.45) is 0. The van der Waals surface area contributed by atoms with Crippen LogP contribution in [0.15, 0.2) is 23.6 Å². The second-order valence-corrected chi connectivity index (χ2v) is 3.29. The van der Waals surface area contributed by atoms with Gasteiger partial charge in [0.15, 0.2) is 0 Å². The lowest BCUT2D eigenvalue weighted by Gasteiger charge is -1.89. The predicted molar refractivity (Wildman–Crippen MR) is 45.4 cm³/mol. The summed E-state index contributed by atoms with van der Waals surface area (Å²) in [5, 5.41) is 3.34. The number of hydrogen-bond acceptors (Lipinski definition) is 1. The first-order chi connectivity index (χ1) is 4.86. The molecule has 0 saturated carbocycles. The summed E-state index contributed by atoms with van der Waals surface area (Å²) in [7, 11) is 0. The number of rotatable bonds is 0. The van der Waals surface area contributed by atoms with Crippen LogP contribution in [0.4, 0.5) is 0 Å². The minimum absolute atomic E-state index is 1.21. The number of hydrogen-bond donors (Lipinski definition) is 0. The van der Waals surface area contributed by atoms with Crippen molar-refractivity contribution in [3.05, 3.63) is 35.2 Å². The van der Waals surface area contributed by atoms with E-state index in [0.717, 1.165) is 0 Å². The third-order valence-corrected chi connectivity index (χ3v) is 2.39. The van der Waals surface area contributed by atoms with E-state index in [0.29, 0.717) is 0 Å². The zero-order chi connectivity index (χ0) is 6.97. The van der Waals surface area contributed by atoms with Crippen molar-refractivity contribution < 1.29 is 0 Å². The Bertz CT molecular complexity index is 346. The second kappa shape index (κ2) is 2.10. The van der Waals surface area contributed by atoms with Crippen molar-refractivity contribution in [2.45, 2.75) is 6.92 Å². The van der Waals surface area contributed by atoms with E-state index < -0.39 is 0 Å². The van der Waals surface area contributed by atoms with Crippen molar-refractivity contribution in [2.24, 2.45) is 0 Å². The van der Waals surface area contributed by atoms with Gasteiger partial charge in [0.1, 0.15) is 0 Å². The fourth-order valence-electron chi connectivity index (χ4n) is 1.01. The van der Waals surface area contributed by atoms with E-state index in [9.17, 15) is 0 Å². The lowest BCUT2D eigenvalue weighted by molar-refractivity contribution is 1.50. The number of thiophene rings is 1. The fraction of sp³-hybridized carbons (Fsp3) is 0.111. The first kappa shape index (κ1) is 5.93. The van der Waals surface area contributed by atoms with Crippen molar-refractivity contribution >= 4 is 21.4 Å². The molecule has 1 heteroatoms. The molecule has 1 aromatic heterocycles. The molecule has 0 fully saturated rings. The summed E-state index contributed by atoms with van der Waals surface area (Å²) in [5.41, 5.74) is 1.21. The quantitative estimate of drug-likeness (QED) is 0.537. The smallest absolute Gasteiger partial charge is 0.0349 e. The Balaban J connectivity index is 2.86. The van der Waals surface area contributed by atoms with Crippen molar-refractivity contribution in [1.29, 1.82) is 0 Å². The normalized spacial score (nSPS) is 10.5. The molecule has 1 heterocycles. The number of benzene rings is 1. The lowest BCUT2D eigenvalue weighted by atomic mass is 10.2. The van der Waals surface area contributed by atoms with Crippen LogP contribution in [0.5, 0.6) is 0 Å². The Hall–Kier alpha value is -0.820. The van der Waals surface area contributed by atoms with Gasteiger partial charge in [0.2, 0.25) is 0 Å². The molecular formula is C9H7S. The molecule has 0 aliphatic rings. The van der Waals surface area contributed by atoms with Crippen LogP contribution >= 0.6 is 11.3 Å². The van der Waals surface area contributed by atoms with Crippen molar-refractivity contribution in [1.82, 2.24) is 0 Å². The highest BCUT2D eigenvalue weighted by Gasteiger charge is 1.92. The SMILES string of the molecule is Cc1[c]c2ccsc2cc1. The Morgan fingerprint density at radius 3 is 3.10 bits per heavy atom. The van der Waals surface area contributed by atoms with Crippen molar-refractivity contribution in [3.63, 3.8) is 0 Å². The van der Waals surface area contributed by atoms with Gasteiger partial charge in [-0.2, -0.15) is 0 Å². The van der Waals surface area contributed by atoms with Crippen LogP contribution in [0.1, 0.15) is 5.56 Å². The average molecular weight is 147 g/mol. The van der Waals surface area contributed by atoms with E-state index in [1.165, 1.54) is 15.6 Å². The molecule has 0 aliphatic heterocycles. The van der Waals surface area contributed by atoms with Gasteiger partial charge in [-0.1, -0.05) is 6.07 Å². The van der Waals surface area contributed by atoms with Crippen molar-refractivity contribution in [2.75, 3.05) is 0 Å². The van der Waals surface area contributed by atoms with Gasteiger partial charge in [0, 0.05) is 10.1 Å². The highest BCUT2D eigenvalue weighted by Crippen LogP contribution is 2.20. The fourth-order valence-corrected chi connectivity index (χ4v) is 1.75. The largest absolute Gasteiger partial charge is 0.144 e. The van der Waals surface area contributed by atoms with Crippen molar-refractivity contribution in [3.8, 4) is 0 Å². The molecule has 1 radical (unpaired) electrons. The molecule has 0 atom stereocenters. The van der Waals surface area contributed by atoms with E-state index in [1.54, 1.807) is 11.3 Å². The zero-order valence-electron chi connectivity index (χ0n) is 5.72. The zero-order valence-corrected chi connectivity index (χ0v) is 6.53. The average Bonchev–Trinajstić information content (AvgIpc) is 2.33. The molecule has 0 spiro atoms. The van der Waals surface area contributed by atoms with Gasteiger partial charge >= 0.3 is 0 Å². The standard InChI is InChI=1S/C9H7S/c1-7-2-3-9-8(6-7)4-5-10-9/h2-5H,1H3. The highest BCUT2D eigenvalue weighted by atomic mass is 32.1. The third-order valence-electron chi connectivity index (χ3n) is 1.51. The highest BCUT2D eigenvalue weighted by molar-refractivity contribution is 7.17. The maximum atomic E-state index is 3.28. The molecule has 0 bridgehead atoms. The van der Waals surface area contributed by atoms with Crippen LogP contribution in [0, 0.1) is 13.0 Å². The molecule has 0 N–H and O–H groups in total. The van der Waals surface area contributed by atoms with Gasteiger partial charge in [0.25, 0.3) is 0 Å². The maximum Gasteiger partial charge on any atom is 0.0349 e. The molecule has 10 heavy (non-hydrogen) atoms. The molecule has 0 aliphatic carbocycles. The van der Waals surface area contributed by atoms with Gasteiger partial charge in [-0.05, 0) is 36.1 Å². The van der Waals surface area contributed by atoms with Gasteiger partial charge in [-0.25, -0.2) is 0 Å². The molecule has 0 nitrogen and oxygen atoms in total. The Labute approximate surface area is 64.1 Å². The Morgan fingerprint density at radius 1 is 1.30 bits per heavy atom. The van der Waals surface area contributed by atoms with E-state index in [4.69, 9.17) is 0 Å². The summed E-state index contributed by atoms with van der Waals surface area (Å²) >= 11 is 1.76. The minimum atomic E-state index is 1.21. The number of fused-ring (bicyclic) bond motifs is 1. The maximum absolute atomic E-state index is 3.28. The first-order valence-corrected chi connectivity index (χ1v) is 4.10. The van der Waals surface area contributed by atoms with Crippen LogP contribution < -0.4 is 0 Å². The summed E-state index contributed by atoms with van der Waals surface area (Å²) in [6, 6.07) is 9.62. The molecule has 0 amide bonds. The van der Waals surface area contributed by atoms with Gasteiger partial charge in [0.05, 0.1) is 0 Å². The predicted octanol–water partition coefficient (Wildman–Crippen LogP) is 3.01. The number of aryl methyl sites for hydroxylation is 1. The lowest BCUT2D eigenvalue weighted by Crippen LogP contribution is -1.68. The van der Waals surface area contributed by atoms with Crippen LogP contribution in [0.3, 0.4) is 0 Å². The summed E-state index contributed by atoms with van der Waals surface area (Å²) in [6.45, 7) is 2.07. The summed E-state index contributed by atoms with van der Waals surface area (Å²) in [5.74, 6) is 0. The Morgan fingerprint density at radius 2 is 2.20 bits per heavy atom. The third kappa shape index (κ3) is 0.830. The van der Waals surface area contributed by atoms with Crippen LogP contribution in [0.2, 0.25) is 0 Å². The van der Waals surface area contributed by atoms with E-state index in [-0.39, 0.29) is 0 Å². The molecule has 1 aromatic carbocycles. The molecule has 2 aromatic rings. The topological polar surface area (TPSA) is 0 Å². The second-order valence-electron chi connectivity index (χ2n) is 2.34. The molecular weight excluding hydrogens is 140 g/mol. The van der Waals surface area contributed by atoms with E-state index >= 15 is 0 Å². The van der Waals surface area contributed by atoms with Crippen LogP contribution in [0.25, 0.3) is 10.1 Å². The monoisotopic (exact) mass is 147 g/mol. The van der Waals surface area contributed by atoms with Crippen LogP contribution in [-0.4, -0.2) is 0 Å². The molecule has 0 saturated heterocycles. The molecule has 49 valence electrons. The summed E-state index contributed by atoms with van der Waals surface area (Å²) < 4.78 is 1.32. The molecule has 2 rings (SSSR count). The summed E-state index contributed by atoms with van der Waals surface area (Å²) in [4.78, 5) is 0. The minimum Gasteiger partial charge on any atom is -0.144 e. The molecule has 0 unspecified atom stereocenters. The van der Waals surface area contributed by atoms with Gasteiger partial charge in [-0.3, -0.25) is 0 Å².